The second-order valence-electron chi connectivity index (χ2n) is 3.18. The molecule has 0 spiro atoms. The standard InChI is InChI=1S/C10H8I2O4/c11-7-1-5(3-9(13)14)8(12)2-6(7)4-10(15)16/h1-2H,3-4H2,(H,13,14)(H,15,16). The van der Waals surface area contributed by atoms with Gasteiger partial charge in [0, 0.05) is 7.14 Å². The predicted octanol–water partition coefficient (Wildman–Crippen LogP) is 2.15. The van der Waals surface area contributed by atoms with Gasteiger partial charge in [-0.2, -0.15) is 0 Å². The molecule has 16 heavy (non-hydrogen) atoms. The molecular weight excluding hydrogens is 438 g/mol. The second kappa shape index (κ2) is 5.80. The third-order valence-electron chi connectivity index (χ3n) is 1.90. The van der Waals surface area contributed by atoms with Gasteiger partial charge in [0.15, 0.2) is 0 Å². The summed E-state index contributed by atoms with van der Waals surface area (Å²) in [4.78, 5) is 21.2. The fourth-order valence-electron chi connectivity index (χ4n) is 1.23. The van der Waals surface area contributed by atoms with Gasteiger partial charge in [-0.05, 0) is 68.4 Å². The molecular formula is C10H8I2O4. The highest BCUT2D eigenvalue weighted by molar-refractivity contribution is 14.1. The van der Waals surface area contributed by atoms with Crippen LogP contribution >= 0.6 is 45.2 Å². The predicted molar refractivity (Wildman–Crippen MR) is 74.6 cm³/mol. The molecule has 1 rings (SSSR count). The van der Waals surface area contributed by atoms with Gasteiger partial charge in [-0.3, -0.25) is 9.59 Å². The maximum Gasteiger partial charge on any atom is 0.307 e. The molecule has 4 nitrogen and oxygen atoms in total. The van der Waals surface area contributed by atoms with Crippen LogP contribution in [-0.4, -0.2) is 22.2 Å². The van der Waals surface area contributed by atoms with E-state index in [4.69, 9.17) is 10.2 Å². The summed E-state index contributed by atoms with van der Waals surface area (Å²) in [6.07, 6.45) is -0.0801. The highest BCUT2D eigenvalue weighted by Gasteiger charge is 2.11. The summed E-state index contributed by atoms with van der Waals surface area (Å²) in [5.74, 6) is -1.78. The zero-order valence-electron chi connectivity index (χ0n) is 8.04. The maximum atomic E-state index is 10.6. The summed E-state index contributed by atoms with van der Waals surface area (Å²) in [6.45, 7) is 0. The molecule has 0 atom stereocenters. The van der Waals surface area contributed by atoms with E-state index in [1.165, 1.54) is 0 Å². The topological polar surface area (TPSA) is 74.6 Å². The van der Waals surface area contributed by atoms with Crippen LogP contribution in [0.1, 0.15) is 11.1 Å². The van der Waals surface area contributed by atoms with Crippen LogP contribution in [0.3, 0.4) is 0 Å². The van der Waals surface area contributed by atoms with Crippen molar-refractivity contribution >= 4 is 57.1 Å². The number of hydrogen-bond acceptors (Lipinski definition) is 2. The lowest BCUT2D eigenvalue weighted by Gasteiger charge is -2.07. The monoisotopic (exact) mass is 446 g/mol. The van der Waals surface area contributed by atoms with E-state index in [1.54, 1.807) is 12.1 Å². The Labute approximate surface area is 119 Å². The molecule has 0 aliphatic heterocycles. The number of rotatable bonds is 4. The van der Waals surface area contributed by atoms with Crippen LogP contribution < -0.4 is 0 Å². The minimum atomic E-state index is -0.889. The number of carboxylic acids is 2. The molecule has 2 N–H and O–H groups in total. The molecule has 86 valence electrons. The minimum Gasteiger partial charge on any atom is -0.481 e. The summed E-state index contributed by atoms with van der Waals surface area (Å²) in [5.41, 5.74) is 1.43. The van der Waals surface area contributed by atoms with Gasteiger partial charge in [0.05, 0.1) is 12.8 Å². The Balaban J connectivity index is 3.06. The number of halogens is 2. The van der Waals surface area contributed by atoms with Crippen LogP contribution in [0.5, 0.6) is 0 Å². The normalized spacial score (nSPS) is 10.1. The molecule has 0 saturated heterocycles. The Hall–Kier alpha value is -0.380. The highest BCUT2D eigenvalue weighted by atomic mass is 127. The first-order valence-corrected chi connectivity index (χ1v) is 6.46. The van der Waals surface area contributed by atoms with E-state index >= 15 is 0 Å². The van der Waals surface area contributed by atoms with Crippen molar-refractivity contribution in [2.24, 2.45) is 0 Å². The third kappa shape index (κ3) is 3.89. The van der Waals surface area contributed by atoms with Crippen LogP contribution in [0, 0.1) is 7.14 Å². The first-order chi connectivity index (χ1) is 7.40. The SMILES string of the molecule is O=C(O)Cc1cc(I)c(CC(=O)O)cc1I. The summed E-state index contributed by atoms with van der Waals surface area (Å²) >= 11 is 4.05. The second-order valence-corrected chi connectivity index (χ2v) is 5.50. The average molecular weight is 446 g/mol. The fraction of sp³-hybridized carbons (Fsp3) is 0.200. The summed E-state index contributed by atoms with van der Waals surface area (Å²) in [5, 5.41) is 17.4. The van der Waals surface area contributed by atoms with Gasteiger partial charge in [0.25, 0.3) is 0 Å². The van der Waals surface area contributed by atoms with Crippen LogP contribution in [-0.2, 0) is 22.4 Å². The molecule has 0 aliphatic carbocycles. The Morgan fingerprint density at radius 3 is 1.50 bits per heavy atom. The lowest BCUT2D eigenvalue weighted by atomic mass is 10.1. The van der Waals surface area contributed by atoms with E-state index in [2.05, 4.69) is 0 Å². The average Bonchev–Trinajstić information content (AvgIpc) is 2.11. The van der Waals surface area contributed by atoms with Gasteiger partial charge in [-0.25, -0.2) is 0 Å². The van der Waals surface area contributed by atoms with Gasteiger partial charge in [-0.15, -0.1) is 0 Å². The molecule has 0 aliphatic rings. The van der Waals surface area contributed by atoms with E-state index in [0.717, 1.165) is 7.14 Å². The van der Waals surface area contributed by atoms with Gasteiger partial charge in [0.2, 0.25) is 0 Å². The largest absolute Gasteiger partial charge is 0.481 e. The quantitative estimate of drug-likeness (QED) is 0.696. The summed E-state index contributed by atoms with van der Waals surface area (Å²) < 4.78 is 1.58. The van der Waals surface area contributed by atoms with Crippen molar-refractivity contribution in [2.75, 3.05) is 0 Å². The Morgan fingerprint density at radius 1 is 0.938 bits per heavy atom. The molecule has 0 unspecified atom stereocenters. The Bertz CT molecular complexity index is 401. The number of hydrogen-bond donors (Lipinski definition) is 2. The van der Waals surface area contributed by atoms with E-state index in [0.29, 0.717) is 11.1 Å². The van der Waals surface area contributed by atoms with Gasteiger partial charge >= 0.3 is 11.9 Å². The van der Waals surface area contributed by atoms with Gasteiger partial charge < -0.3 is 10.2 Å². The smallest absolute Gasteiger partial charge is 0.307 e. The first kappa shape index (κ1) is 13.7. The maximum absolute atomic E-state index is 10.6. The molecule has 1 aromatic carbocycles. The van der Waals surface area contributed by atoms with E-state index in [1.807, 2.05) is 45.2 Å². The highest BCUT2D eigenvalue weighted by Crippen LogP contribution is 2.21. The molecule has 0 bridgehead atoms. The van der Waals surface area contributed by atoms with E-state index < -0.39 is 11.9 Å². The van der Waals surface area contributed by atoms with Gasteiger partial charge in [-0.1, -0.05) is 0 Å². The molecule has 0 aromatic heterocycles. The molecule has 0 radical (unpaired) electrons. The van der Waals surface area contributed by atoms with Crippen molar-refractivity contribution in [3.05, 3.63) is 30.4 Å². The summed E-state index contributed by atoms with van der Waals surface area (Å²) in [6, 6.07) is 3.46. The number of benzene rings is 1. The van der Waals surface area contributed by atoms with Crippen LogP contribution in [0.2, 0.25) is 0 Å². The minimum absolute atomic E-state index is 0.0401. The van der Waals surface area contributed by atoms with E-state index in [9.17, 15) is 9.59 Å². The van der Waals surface area contributed by atoms with Gasteiger partial charge in [0.1, 0.15) is 0 Å². The van der Waals surface area contributed by atoms with Crippen LogP contribution in [0.15, 0.2) is 12.1 Å². The van der Waals surface area contributed by atoms with Crippen molar-refractivity contribution in [3.8, 4) is 0 Å². The molecule has 0 amide bonds. The molecule has 1 aromatic rings. The van der Waals surface area contributed by atoms with Crippen molar-refractivity contribution in [1.29, 1.82) is 0 Å². The van der Waals surface area contributed by atoms with E-state index in [-0.39, 0.29) is 12.8 Å². The number of carboxylic acid groups (broad SMARTS) is 2. The Morgan fingerprint density at radius 2 is 1.25 bits per heavy atom. The lowest BCUT2D eigenvalue weighted by Crippen LogP contribution is -2.06. The number of carbonyl (C=O) groups is 2. The third-order valence-corrected chi connectivity index (χ3v) is 3.91. The van der Waals surface area contributed by atoms with Crippen LogP contribution in [0.4, 0.5) is 0 Å². The van der Waals surface area contributed by atoms with Crippen molar-refractivity contribution in [2.45, 2.75) is 12.8 Å². The molecule has 6 heteroatoms. The lowest BCUT2D eigenvalue weighted by molar-refractivity contribution is -0.137. The van der Waals surface area contributed by atoms with Crippen molar-refractivity contribution in [1.82, 2.24) is 0 Å². The zero-order chi connectivity index (χ0) is 12.3. The zero-order valence-corrected chi connectivity index (χ0v) is 12.4. The molecule has 0 fully saturated rings. The van der Waals surface area contributed by atoms with Crippen molar-refractivity contribution < 1.29 is 19.8 Å². The summed E-state index contributed by atoms with van der Waals surface area (Å²) in [7, 11) is 0. The first-order valence-electron chi connectivity index (χ1n) is 4.30. The number of aliphatic carboxylic acids is 2. The van der Waals surface area contributed by atoms with Crippen LogP contribution in [0.25, 0.3) is 0 Å². The fourth-order valence-corrected chi connectivity index (χ4v) is 2.67. The molecule has 0 saturated carbocycles. The molecule has 0 heterocycles. The van der Waals surface area contributed by atoms with Crippen molar-refractivity contribution in [3.63, 3.8) is 0 Å². The Kier molecular flexibility index (Phi) is 4.96.